The van der Waals surface area contributed by atoms with Gasteiger partial charge in [-0.25, -0.2) is 0 Å². The smallest absolute Gasteiger partial charge is 0.234 e. The molecule has 2 atom stereocenters. The van der Waals surface area contributed by atoms with E-state index in [1.807, 2.05) is 13.8 Å². The minimum Gasteiger partial charge on any atom is -0.368 e. The lowest BCUT2D eigenvalue weighted by Crippen LogP contribution is -2.48. The molecule has 1 rings (SSSR count). The van der Waals surface area contributed by atoms with Crippen LogP contribution in [-0.2, 0) is 4.79 Å². The molecule has 1 fully saturated rings. The molecule has 2 unspecified atom stereocenters. The van der Waals surface area contributed by atoms with Gasteiger partial charge in [0.25, 0.3) is 0 Å². The predicted molar refractivity (Wildman–Crippen MR) is 66.0 cm³/mol. The van der Waals surface area contributed by atoms with Crippen LogP contribution in [0.15, 0.2) is 0 Å². The molecule has 16 heavy (non-hydrogen) atoms. The van der Waals surface area contributed by atoms with Crippen LogP contribution in [-0.4, -0.2) is 43.5 Å². The van der Waals surface area contributed by atoms with Gasteiger partial charge in [-0.15, -0.1) is 0 Å². The summed E-state index contributed by atoms with van der Waals surface area (Å²) in [5.74, 6) is 0.678. The number of rotatable bonds is 5. The molecule has 0 saturated carbocycles. The molecule has 3 N–H and O–H groups in total. The molecule has 0 bridgehead atoms. The van der Waals surface area contributed by atoms with Crippen LogP contribution in [0, 0.1) is 11.8 Å². The highest BCUT2D eigenvalue weighted by Crippen LogP contribution is 2.14. The fourth-order valence-electron chi connectivity index (χ4n) is 2.40. The normalized spacial score (nSPS) is 24.6. The van der Waals surface area contributed by atoms with Gasteiger partial charge >= 0.3 is 0 Å². The first-order chi connectivity index (χ1) is 7.50. The van der Waals surface area contributed by atoms with Crippen LogP contribution in [0.5, 0.6) is 0 Å². The van der Waals surface area contributed by atoms with Crippen molar-refractivity contribution in [3.63, 3.8) is 0 Å². The number of hydrogen-bond acceptors (Lipinski definition) is 3. The Labute approximate surface area is 98.6 Å². The molecule has 0 radical (unpaired) electrons. The third-order valence-electron chi connectivity index (χ3n) is 3.32. The van der Waals surface area contributed by atoms with Crippen LogP contribution < -0.4 is 11.1 Å². The zero-order chi connectivity index (χ0) is 12.1. The Bertz CT molecular complexity index is 230. The molecule has 1 heterocycles. The summed E-state index contributed by atoms with van der Waals surface area (Å²) < 4.78 is 0. The van der Waals surface area contributed by atoms with E-state index >= 15 is 0 Å². The molecule has 1 amide bonds. The van der Waals surface area contributed by atoms with Crippen molar-refractivity contribution in [3.05, 3.63) is 0 Å². The summed E-state index contributed by atoms with van der Waals surface area (Å²) in [7, 11) is 2.15. The van der Waals surface area contributed by atoms with E-state index in [0.717, 1.165) is 13.1 Å². The maximum Gasteiger partial charge on any atom is 0.234 e. The number of likely N-dealkylation sites (tertiary alicyclic amines) is 1. The molecular weight excluding hydrogens is 202 g/mol. The fraction of sp³-hybridized carbons (Fsp3) is 0.917. The van der Waals surface area contributed by atoms with E-state index in [4.69, 9.17) is 5.73 Å². The number of hydrogen-bond donors (Lipinski definition) is 2. The quantitative estimate of drug-likeness (QED) is 0.716. The number of amides is 1. The number of primary amides is 1. The molecule has 0 aromatic rings. The van der Waals surface area contributed by atoms with Gasteiger partial charge in [0.1, 0.15) is 0 Å². The summed E-state index contributed by atoms with van der Waals surface area (Å²) in [6, 6.07) is -0.188. The van der Waals surface area contributed by atoms with E-state index in [-0.39, 0.29) is 17.9 Å². The molecular formula is C12H25N3O. The third-order valence-corrected chi connectivity index (χ3v) is 3.32. The van der Waals surface area contributed by atoms with E-state index < -0.39 is 0 Å². The Morgan fingerprint density at radius 1 is 1.56 bits per heavy atom. The van der Waals surface area contributed by atoms with E-state index in [2.05, 4.69) is 17.3 Å². The van der Waals surface area contributed by atoms with Gasteiger partial charge in [0.2, 0.25) is 5.91 Å². The van der Waals surface area contributed by atoms with Crippen molar-refractivity contribution in [2.45, 2.75) is 32.7 Å². The first-order valence-electron chi connectivity index (χ1n) is 6.22. The molecule has 94 valence electrons. The largest absolute Gasteiger partial charge is 0.368 e. The Balaban J connectivity index is 2.34. The van der Waals surface area contributed by atoms with E-state index in [9.17, 15) is 4.79 Å². The molecule has 1 saturated heterocycles. The van der Waals surface area contributed by atoms with Crippen LogP contribution in [0.3, 0.4) is 0 Å². The molecule has 1 aliphatic heterocycles. The van der Waals surface area contributed by atoms with Gasteiger partial charge in [-0.2, -0.15) is 0 Å². The lowest BCUT2D eigenvalue weighted by Gasteiger charge is -2.31. The number of piperidine rings is 1. The summed E-state index contributed by atoms with van der Waals surface area (Å²) in [5, 5.41) is 3.31. The topological polar surface area (TPSA) is 58.4 Å². The predicted octanol–water partition coefficient (Wildman–Crippen LogP) is 0.428. The average Bonchev–Trinajstić information content (AvgIpc) is 2.16. The average molecular weight is 227 g/mol. The van der Waals surface area contributed by atoms with Crippen molar-refractivity contribution >= 4 is 5.91 Å². The second kappa shape index (κ2) is 6.21. The van der Waals surface area contributed by atoms with Gasteiger partial charge in [-0.1, -0.05) is 13.8 Å². The zero-order valence-electron chi connectivity index (χ0n) is 10.7. The highest BCUT2D eigenvalue weighted by molar-refractivity contribution is 5.80. The van der Waals surface area contributed by atoms with Crippen molar-refractivity contribution in [1.82, 2.24) is 10.2 Å². The second-order valence-electron chi connectivity index (χ2n) is 5.30. The summed E-state index contributed by atoms with van der Waals surface area (Å²) >= 11 is 0. The Morgan fingerprint density at radius 3 is 2.75 bits per heavy atom. The molecule has 0 spiro atoms. The molecule has 1 aliphatic rings. The number of nitrogens with zero attached hydrogens (tertiary/aromatic N) is 1. The number of nitrogens with one attached hydrogen (secondary N) is 1. The van der Waals surface area contributed by atoms with Gasteiger partial charge in [0.15, 0.2) is 0 Å². The summed E-state index contributed by atoms with van der Waals surface area (Å²) in [6.07, 6.45) is 2.51. The van der Waals surface area contributed by atoms with Crippen LogP contribution in [0.1, 0.15) is 26.7 Å². The Morgan fingerprint density at radius 2 is 2.25 bits per heavy atom. The van der Waals surface area contributed by atoms with Gasteiger partial charge in [-0.05, 0) is 44.8 Å². The number of nitrogens with two attached hydrogens (primary N) is 1. The lowest BCUT2D eigenvalue weighted by molar-refractivity contribution is -0.121. The Kier molecular flexibility index (Phi) is 5.22. The zero-order valence-corrected chi connectivity index (χ0v) is 10.7. The van der Waals surface area contributed by atoms with Crippen molar-refractivity contribution in [1.29, 1.82) is 0 Å². The molecule has 4 nitrogen and oxygen atoms in total. The number of carbonyl (C=O) groups is 1. The maximum absolute atomic E-state index is 11.2. The number of carbonyl (C=O) groups excluding carboxylic acids is 1. The van der Waals surface area contributed by atoms with Crippen molar-refractivity contribution < 1.29 is 4.79 Å². The highest BCUT2D eigenvalue weighted by atomic mass is 16.1. The fourth-order valence-corrected chi connectivity index (χ4v) is 2.40. The van der Waals surface area contributed by atoms with E-state index in [1.54, 1.807) is 0 Å². The van der Waals surface area contributed by atoms with Crippen molar-refractivity contribution in [2.75, 3.05) is 26.7 Å². The van der Waals surface area contributed by atoms with Crippen LogP contribution in [0.2, 0.25) is 0 Å². The molecule has 0 aromatic carbocycles. The van der Waals surface area contributed by atoms with Crippen LogP contribution in [0.4, 0.5) is 0 Å². The van der Waals surface area contributed by atoms with Crippen molar-refractivity contribution in [2.24, 2.45) is 17.6 Å². The molecule has 4 heteroatoms. The van der Waals surface area contributed by atoms with E-state index in [1.165, 1.54) is 19.4 Å². The Hall–Kier alpha value is -0.610. The van der Waals surface area contributed by atoms with Gasteiger partial charge in [0.05, 0.1) is 6.04 Å². The molecule has 0 aliphatic carbocycles. The van der Waals surface area contributed by atoms with Gasteiger partial charge in [-0.3, -0.25) is 4.79 Å². The second-order valence-corrected chi connectivity index (χ2v) is 5.30. The lowest BCUT2D eigenvalue weighted by atomic mass is 9.97. The van der Waals surface area contributed by atoms with Gasteiger partial charge in [0, 0.05) is 6.54 Å². The maximum atomic E-state index is 11.2. The third kappa shape index (κ3) is 4.10. The first kappa shape index (κ1) is 13.5. The van der Waals surface area contributed by atoms with Gasteiger partial charge < -0.3 is 16.0 Å². The monoisotopic (exact) mass is 227 g/mol. The van der Waals surface area contributed by atoms with Crippen LogP contribution in [0.25, 0.3) is 0 Å². The summed E-state index contributed by atoms with van der Waals surface area (Å²) in [4.78, 5) is 13.6. The minimum atomic E-state index is -0.237. The van der Waals surface area contributed by atoms with Crippen LogP contribution >= 0.6 is 0 Å². The minimum absolute atomic E-state index is 0.188. The standard InChI is InChI=1S/C12H25N3O/c1-9(2)11(12(13)16)14-7-10-5-4-6-15(3)8-10/h9-11,14H,4-8H2,1-3H3,(H2,13,16). The SMILES string of the molecule is CC(C)C(NCC1CCCN(C)C1)C(N)=O. The summed E-state index contributed by atoms with van der Waals surface area (Å²) in [5.41, 5.74) is 5.37. The van der Waals surface area contributed by atoms with E-state index in [0.29, 0.717) is 5.92 Å². The van der Waals surface area contributed by atoms with Crippen molar-refractivity contribution in [3.8, 4) is 0 Å². The first-order valence-corrected chi connectivity index (χ1v) is 6.22. The summed E-state index contributed by atoms with van der Waals surface area (Å²) in [6.45, 7) is 7.26. The molecule has 0 aromatic heterocycles. The highest BCUT2D eigenvalue weighted by Gasteiger charge is 2.22.